The quantitative estimate of drug-likeness (QED) is 0.410. The fourth-order valence-corrected chi connectivity index (χ4v) is 5.53. The van der Waals surface area contributed by atoms with Gasteiger partial charge in [-0.2, -0.15) is 0 Å². The van der Waals surface area contributed by atoms with Crippen LogP contribution in [-0.2, 0) is 0 Å². The lowest BCUT2D eigenvalue weighted by Gasteiger charge is -2.36. The molecule has 1 heterocycles. The Hall–Kier alpha value is -3.05. The summed E-state index contributed by atoms with van der Waals surface area (Å²) in [5.41, 5.74) is 1.99. The first-order valence-electron chi connectivity index (χ1n) is 13.1. The molecule has 3 aromatic carbocycles. The van der Waals surface area contributed by atoms with E-state index in [0.717, 1.165) is 73.9 Å². The summed E-state index contributed by atoms with van der Waals surface area (Å²) >= 11 is 0. The third kappa shape index (κ3) is 5.62. The average Bonchev–Trinajstić information content (AvgIpc) is 3.46. The lowest BCUT2D eigenvalue weighted by molar-refractivity contribution is 0.0749. The number of amides is 1. The van der Waals surface area contributed by atoms with Crippen molar-refractivity contribution >= 4 is 22.4 Å². The Morgan fingerprint density at radius 3 is 2.40 bits per heavy atom. The van der Waals surface area contributed by atoms with Crippen molar-refractivity contribution in [1.82, 2.24) is 9.80 Å². The number of fused-ring (bicyclic) bond motifs is 1. The van der Waals surface area contributed by atoms with E-state index < -0.39 is 0 Å². The molecular formula is C30H37N3O2. The predicted molar refractivity (Wildman–Crippen MR) is 144 cm³/mol. The van der Waals surface area contributed by atoms with E-state index in [0.29, 0.717) is 0 Å². The van der Waals surface area contributed by atoms with Crippen molar-refractivity contribution in [2.24, 2.45) is 0 Å². The van der Waals surface area contributed by atoms with Gasteiger partial charge in [0.15, 0.2) is 0 Å². The average molecular weight is 472 g/mol. The molecule has 5 nitrogen and oxygen atoms in total. The number of ether oxygens (including phenoxy) is 1. The summed E-state index contributed by atoms with van der Waals surface area (Å²) in [5, 5.41) is 2.14. The molecule has 1 saturated heterocycles. The first-order valence-corrected chi connectivity index (χ1v) is 13.1. The van der Waals surface area contributed by atoms with Crippen LogP contribution in [0.25, 0.3) is 10.8 Å². The number of nitrogens with zero attached hydrogens (tertiary/aromatic N) is 3. The first-order chi connectivity index (χ1) is 17.2. The van der Waals surface area contributed by atoms with E-state index in [9.17, 15) is 4.79 Å². The molecule has 5 heteroatoms. The first kappa shape index (κ1) is 23.7. The predicted octanol–water partition coefficient (Wildman–Crippen LogP) is 5.45. The molecule has 0 bridgehead atoms. The second-order valence-electron chi connectivity index (χ2n) is 9.92. The van der Waals surface area contributed by atoms with Crippen LogP contribution in [-0.4, -0.2) is 68.1 Å². The number of carbonyl (C=O) groups excluding carboxylic acids is 1. The van der Waals surface area contributed by atoms with Crippen LogP contribution < -0.4 is 9.64 Å². The van der Waals surface area contributed by atoms with E-state index >= 15 is 0 Å². The lowest BCUT2D eigenvalue weighted by Crippen LogP contribution is -2.48. The van der Waals surface area contributed by atoms with Crippen LogP contribution >= 0.6 is 0 Å². The lowest BCUT2D eigenvalue weighted by atomic mass is 10.0. The molecular weight excluding hydrogens is 434 g/mol. The maximum Gasteiger partial charge on any atom is 0.254 e. The van der Waals surface area contributed by atoms with Gasteiger partial charge in [-0.25, -0.2) is 0 Å². The highest BCUT2D eigenvalue weighted by Crippen LogP contribution is 2.24. The molecule has 1 aliphatic carbocycles. The standard InChI is InChI=1S/C30H37N3O2/c1-31(25-10-3-4-11-25)18-7-23-35-27-16-14-26(15-17-27)32-19-21-33(22-20-32)30(34)29-13-6-9-24-8-2-5-12-28(24)29/h2,5-6,8-9,12-17,25H,3-4,7,10-11,18-23H2,1H3. The molecule has 0 aromatic heterocycles. The minimum atomic E-state index is 0.128. The number of anilines is 1. The highest BCUT2D eigenvalue weighted by Gasteiger charge is 2.23. The van der Waals surface area contributed by atoms with Crippen molar-refractivity contribution in [2.45, 2.75) is 38.1 Å². The van der Waals surface area contributed by atoms with Crippen molar-refractivity contribution in [1.29, 1.82) is 0 Å². The Labute approximate surface area is 209 Å². The number of benzene rings is 3. The van der Waals surface area contributed by atoms with Crippen LogP contribution in [0, 0.1) is 0 Å². The highest BCUT2D eigenvalue weighted by molar-refractivity contribution is 6.07. The SMILES string of the molecule is CN(CCCOc1ccc(N2CCN(C(=O)c3cccc4ccccc34)CC2)cc1)C1CCCC1. The molecule has 3 aromatic rings. The van der Waals surface area contributed by atoms with Crippen molar-refractivity contribution in [3.63, 3.8) is 0 Å². The van der Waals surface area contributed by atoms with Gasteiger partial charge in [0.25, 0.3) is 5.91 Å². The molecule has 1 saturated carbocycles. The van der Waals surface area contributed by atoms with Crippen LogP contribution in [0.5, 0.6) is 5.75 Å². The minimum absolute atomic E-state index is 0.128. The number of carbonyl (C=O) groups is 1. The van der Waals surface area contributed by atoms with Crippen molar-refractivity contribution in [2.75, 3.05) is 51.3 Å². The van der Waals surface area contributed by atoms with Crippen molar-refractivity contribution in [3.8, 4) is 5.75 Å². The van der Waals surface area contributed by atoms with Gasteiger partial charge in [0.1, 0.15) is 5.75 Å². The van der Waals surface area contributed by atoms with Crippen molar-refractivity contribution < 1.29 is 9.53 Å². The summed E-state index contributed by atoms with van der Waals surface area (Å²) in [7, 11) is 2.25. The molecule has 2 fully saturated rings. The zero-order valence-electron chi connectivity index (χ0n) is 20.9. The third-order valence-corrected chi connectivity index (χ3v) is 7.66. The van der Waals surface area contributed by atoms with Crippen molar-refractivity contribution in [3.05, 3.63) is 72.3 Å². The smallest absolute Gasteiger partial charge is 0.254 e. The van der Waals surface area contributed by atoms with Crippen LogP contribution in [0.4, 0.5) is 5.69 Å². The van der Waals surface area contributed by atoms with Crippen LogP contribution in [0.15, 0.2) is 66.7 Å². The number of piperazine rings is 1. The zero-order chi connectivity index (χ0) is 24.0. The van der Waals surface area contributed by atoms with E-state index in [2.05, 4.69) is 53.2 Å². The molecule has 1 amide bonds. The molecule has 1 aliphatic heterocycles. The van der Waals surface area contributed by atoms with Crippen LogP contribution in [0.1, 0.15) is 42.5 Å². The topological polar surface area (TPSA) is 36.0 Å². The van der Waals surface area contributed by atoms with Gasteiger partial charge in [0, 0.05) is 50.0 Å². The van der Waals surface area contributed by atoms with Gasteiger partial charge in [-0.05, 0) is 67.4 Å². The normalized spacial score (nSPS) is 16.9. The Balaban J connectivity index is 1.09. The van der Waals surface area contributed by atoms with E-state index in [1.165, 1.54) is 31.4 Å². The zero-order valence-corrected chi connectivity index (χ0v) is 20.9. The summed E-state index contributed by atoms with van der Waals surface area (Å²) in [6, 6.07) is 23.3. The largest absolute Gasteiger partial charge is 0.494 e. The molecule has 2 aliphatic rings. The second kappa shape index (κ2) is 11.1. The molecule has 0 radical (unpaired) electrons. The summed E-state index contributed by atoms with van der Waals surface area (Å²) in [4.78, 5) is 20.1. The fraction of sp³-hybridized carbons (Fsp3) is 0.433. The van der Waals surface area contributed by atoms with Crippen LogP contribution in [0.3, 0.4) is 0 Å². The summed E-state index contributed by atoms with van der Waals surface area (Å²) in [6.07, 6.45) is 6.52. The van der Waals surface area contributed by atoms with Gasteiger partial charge in [0.2, 0.25) is 0 Å². The monoisotopic (exact) mass is 471 g/mol. The van der Waals surface area contributed by atoms with E-state index in [-0.39, 0.29) is 5.91 Å². The molecule has 0 N–H and O–H groups in total. The maximum atomic E-state index is 13.2. The minimum Gasteiger partial charge on any atom is -0.494 e. The van der Waals surface area contributed by atoms with Gasteiger partial charge >= 0.3 is 0 Å². The maximum absolute atomic E-state index is 13.2. The Morgan fingerprint density at radius 2 is 1.63 bits per heavy atom. The van der Waals surface area contributed by atoms with E-state index in [1.54, 1.807) is 0 Å². The van der Waals surface area contributed by atoms with Crippen LogP contribution in [0.2, 0.25) is 0 Å². The van der Waals surface area contributed by atoms with E-state index in [4.69, 9.17) is 4.74 Å². The number of rotatable bonds is 8. The Kier molecular flexibility index (Phi) is 7.53. The summed E-state index contributed by atoms with van der Waals surface area (Å²) in [5.74, 6) is 1.06. The van der Waals surface area contributed by atoms with Gasteiger partial charge < -0.3 is 19.4 Å². The summed E-state index contributed by atoms with van der Waals surface area (Å²) in [6.45, 7) is 4.99. The molecule has 184 valence electrons. The van der Waals surface area contributed by atoms with E-state index in [1.807, 2.05) is 35.2 Å². The number of hydrogen-bond acceptors (Lipinski definition) is 4. The summed E-state index contributed by atoms with van der Waals surface area (Å²) < 4.78 is 6.00. The Morgan fingerprint density at radius 1 is 0.914 bits per heavy atom. The van der Waals surface area contributed by atoms with Gasteiger partial charge in [0.05, 0.1) is 6.61 Å². The van der Waals surface area contributed by atoms with Gasteiger partial charge in [-0.15, -0.1) is 0 Å². The molecule has 0 atom stereocenters. The molecule has 0 unspecified atom stereocenters. The van der Waals surface area contributed by atoms with Gasteiger partial charge in [-0.1, -0.05) is 49.2 Å². The molecule has 35 heavy (non-hydrogen) atoms. The molecule has 0 spiro atoms. The number of hydrogen-bond donors (Lipinski definition) is 0. The molecule has 5 rings (SSSR count). The second-order valence-corrected chi connectivity index (χ2v) is 9.92. The third-order valence-electron chi connectivity index (χ3n) is 7.66. The van der Waals surface area contributed by atoms with Gasteiger partial charge in [-0.3, -0.25) is 4.79 Å². The highest BCUT2D eigenvalue weighted by atomic mass is 16.5. The fourth-order valence-electron chi connectivity index (χ4n) is 5.53. The Bertz CT molecular complexity index is 1110.